The number of amides is 2. The van der Waals surface area contributed by atoms with E-state index in [1.165, 1.54) is 49.6 Å². The summed E-state index contributed by atoms with van der Waals surface area (Å²) in [5.74, 6) is -3.64. The van der Waals surface area contributed by atoms with Crippen molar-refractivity contribution in [2.75, 3.05) is 17.7 Å². The number of methoxy groups -OCH3 is 1. The summed E-state index contributed by atoms with van der Waals surface area (Å²) in [4.78, 5) is 25.1. The number of phenolic OH excluding ortho intramolecular Hbond substituents is 2. The molecular formula is C21H16F2N2O5. The molecule has 30 heavy (non-hydrogen) atoms. The smallest absolute Gasteiger partial charge is 0.259 e. The molecule has 0 aliphatic carbocycles. The number of phenols is 2. The van der Waals surface area contributed by atoms with Crippen molar-refractivity contribution >= 4 is 23.2 Å². The summed E-state index contributed by atoms with van der Waals surface area (Å²) in [7, 11) is 1.32. The molecule has 9 heteroatoms. The van der Waals surface area contributed by atoms with E-state index < -0.39 is 23.4 Å². The highest BCUT2D eigenvalue weighted by molar-refractivity contribution is 6.10. The van der Waals surface area contributed by atoms with Crippen LogP contribution in [0.15, 0.2) is 54.6 Å². The van der Waals surface area contributed by atoms with Crippen LogP contribution in [0.3, 0.4) is 0 Å². The lowest BCUT2D eigenvalue weighted by Gasteiger charge is -2.12. The fraction of sp³-hybridized carbons (Fsp3) is 0.0476. The second-order valence-corrected chi connectivity index (χ2v) is 6.15. The Labute approximate surface area is 169 Å². The molecular weight excluding hydrogens is 398 g/mol. The summed E-state index contributed by atoms with van der Waals surface area (Å²) in [6.45, 7) is 0. The van der Waals surface area contributed by atoms with Crippen LogP contribution in [0.2, 0.25) is 0 Å². The summed E-state index contributed by atoms with van der Waals surface area (Å²) >= 11 is 0. The fourth-order valence-electron chi connectivity index (χ4n) is 2.62. The zero-order chi connectivity index (χ0) is 21.8. The van der Waals surface area contributed by atoms with E-state index in [4.69, 9.17) is 4.74 Å². The first-order valence-electron chi connectivity index (χ1n) is 8.56. The molecule has 0 aliphatic rings. The van der Waals surface area contributed by atoms with E-state index in [1.54, 1.807) is 0 Å². The zero-order valence-electron chi connectivity index (χ0n) is 15.6. The fourth-order valence-corrected chi connectivity index (χ4v) is 2.62. The average molecular weight is 414 g/mol. The predicted octanol–water partition coefficient (Wildman–Crippen LogP) is 3.89. The Hall–Kier alpha value is -4.14. The minimum Gasteiger partial charge on any atom is -0.508 e. The van der Waals surface area contributed by atoms with Gasteiger partial charge in [-0.05, 0) is 42.5 Å². The number of carbonyl (C=O) groups excluding carboxylic acids is 2. The highest BCUT2D eigenvalue weighted by atomic mass is 19.1. The van der Waals surface area contributed by atoms with Gasteiger partial charge in [0.05, 0.1) is 24.0 Å². The van der Waals surface area contributed by atoms with Crippen LogP contribution in [-0.2, 0) is 0 Å². The molecule has 4 N–H and O–H groups in total. The molecule has 0 unspecified atom stereocenters. The Morgan fingerprint density at radius 2 is 1.33 bits per heavy atom. The van der Waals surface area contributed by atoms with E-state index in [1.807, 2.05) is 0 Å². The van der Waals surface area contributed by atoms with Crippen molar-refractivity contribution in [1.29, 1.82) is 0 Å². The Balaban J connectivity index is 1.87. The second kappa shape index (κ2) is 8.48. The normalized spacial score (nSPS) is 10.4. The number of benzene rings is 3. The van der Waals surface area contributed by atoms with Crippen LogP contribution in [0.5, 0.6) is 17.2 Å². The molecule has 3 aromatic rings. The number of carbonyl (C=O) groups is 2. The molecule has 2 amide bonds. The Morgan fingerprint density at radius 1 is 0.800 bits per heavy atom. The number of ether oxygens (including phenoxy) is 1. The summed E-state index contributed by atoms with van der Waals surface area (Å²) in [6.07, 6.45) is 0. The van der Waals surface area contributed by atoms with Crippen LogP contribution in [-0.4, -0.2) is 29.1 Å². The van der Waals surface area contributed by atoms with Crippen molar-refractivity contribution in [1.82, 2.24) is 0 Å². The molecule has 0 spiro atoms. The predicted molar refractivity (Wildman–Crippen MR) is 105 cm³/mol. The number of aromatic hydroxyl groups is 2. The van der Waals surface area contributed by atoms with E-state index in [2.05, 4.69) is 10.6 Å². The maximum absolute atomic E-state index is 13.9. The van der Waals surface area contributed by atoms with Gasteiger partial charge in [-0.2, -0.15) is 0 Å². The maximum atomic E-state index is 13.9. The van der Waals surface area contributed by atoms with Gasteiger partial charge in [-0.3, -0.25) is 9.59 Å². The summed E-state index contributed by atoms with van der Waals surface area (Å²) < 4.78 is 32.9. The van der Waals surface area contributed by atoms with Crippen molar-refractivity contribution in [3.05, 3.63) is 77.4 Å². The van der Waals surface area contributed by atoms with Gasteiger partial charge in [0.25, 0.3) is 11.8 Å². The molecule has 0 aromatic heterocycles. The van der Waals surface area contributed by atoms with Crippen LogP contribution in [0.1, 0.15) is 20.7 Å². The molecule has 3 rings (SSSR count). The van der Waals surface area contributed by atoms with Gasteiger partial charge in [-0.15, -0.1) is 0 Å². The molecule has 0 radical (unpaired) electrons. The number of nitrogens with one attached hydrogen (secondary N) is 2. The van der Waals surface area contributed by atoms with Crippen LogP contribution in [0, 0.1) is 11.6 Å². The highest BCUT2D eigenvalue weighted by Crippen LogP contribution is 2.25. The monoisotopic (exact) mass is 414 g/mol. The van der Waals surface area contributed by atoms with E-state index in [-0.39, 0.29) is 39.8 Å². The van der Waals surface area contributed by atoms with Gasteiger partial charge in [0.1, 0.15) is 28.9 Å². The maximum Gasteiger partial charge on any atom is 0.259 e. The lowest BCUT2D eigenvalue weighted by atomic mass is 10.1. The number of hydrogen-bond donors (Lipinski definition) is 4. The van der Waals surface area contributed by atoms with E-state index >= 15 is 0 Å². The summed E-state index contributed by atoms with van der Waals surface area (Å²) in [5, 5.41) is 23.2. The van der Waals surface area contributed by atoms with Gasteiger partial charge >= 0.3 is 0 Å². The molecule has 3 aromatic carbocycles. The van der Waals surface area contributed by atoms with Gasteiger partial charge in [0.2, 0.25) is 0 Å². The number of rotatable bonds is 5. The molecule has 7 nitrogen and oxygen atoms in total. The van der Waals surface area contributed by atoms with Crippen molar-refractivity contribution in [2.24, 2.45) is 0 Å². The molecule has 0 heterocycles. The first-order chi connectivity index (χ1) is 14.3. The van der Waals surface area contributed by atoms with Crippen molar-refractivity contribution in [3.63, 3.8) is 0 Å². The van der Waals surface area contributed by atoms with E-state index in [0.717, 1.165) is 12.1 Å². The lowest BCUT2D eigenvalue weighted by Crippen LogP contribution is -2.17. The van der Waals surface area contributed by atoms with Crippen LogP contribution in [0.4, 0.5) is 20.2 Å². The molecule has 0 aliphatic heterocycles. The quantitative estimate of drug-likeness (QED) is 0.474. The average Bonchev–Trinajstić information content (AvgIpc) is 2.71. The van der Waals surface area contributed by atoms with Gasteiger partial charge in [-0.25, -0.2) is 8.78 Å². The molecule has 154 valence electrons. The second-order valence-electron chi connectivity index (χ2n) is 6.15. The van der Waals surface area contributed by atoms with E-state index in [9.17, 15) is 28.6 Å². The van der Waals surface area contributed by atoms with Crippen LogP contribution < -0.4 is 15.4 Å². The lowest BCUT2D eigenvalue weighted by molar-refractivity contribution is 0.102. The Morgan fingerprint density at radius 3 is 1.83 bits per heavy atom. The Bertz CT molecular complexity index is 1130. The Kier molecular flexibility index (Phi) is 5.82. The zero-order valence-corrected chi connectivity index (χ0v) is 15.6. The van der Waals surface area contributed by atoms with Gasteiger partial charge in [0.15, 0.2) is 0 Å². The third-order valence-electron chi connectivity index (χ3n) is 4.11. The van der Waals surface area contributed by atoms with Gasteiger partial charge in [-0.1, -0.05) is 0 Å². The third kappa shape index (κ3) is 4.46. The standard InChI is InChI=1S/C21H16F2N2O5/c1-30-19-7-2-11(20(28)24-17-5-3-12(26)9-15(17)22)8-14(19)21(29)25-18-6-4-13(27)10-16(18)23/h2-10,26-27H,1H3,(H,24,28)(H,25,29). The van der Waals surface area contributed by atoms with Crippen LogP contribution >= 0.6 is 0 Å². The highest BCUT2D eigenvalue weighted by Gasteiger charge is 2.18. The number of halogens is 2. The number of hydrogen-bond acceptors (Lipinski definition) is 5. The molecule has 0 fully saturated rings. The minimum absolute atomic E-state index is 0.0135. The molecule has 0 saturated carbocycles. The van der Waals surface area contributed by atoms with Crippen molar-refractivity contribution in [3.8, 4) is 17.2 Å². The minimum atomic E-state index is -0.848. The summed E-state index contributed by atoms with van der Waals surface area (Å²) in [5.41, 5.74) is -0.393. The molecule has 0 saturated heterocycles. The first-order valence-corrected chi connectivity index (χ1v) is 8.56. The number of anilines is 2. The van der Waals surface area contributed by atoms with Gasteiger partial charge in [0, 0.05) is 17.7 Å². The molecule has 0 atom stereocenters. The molecule has 0 bridgehead atoms. The summed E-state index contributed by atoms with van der Waals surface area (Å²) in [6, 6.07) is 10.4. The van der Waals surface area contributed by atoms with Gasteiger partial charge < -0.3 is 25.6 Å². The first kappa shape index (κ1) is 20.6. The largest absolute Gasteiger partial charge is 0.508 e. The van der Waals surface area contributed by atoms with Crippen molar-refractivity contribution < 1.29 is 33.3 Å². The van der Waals surface area contributed by atoms with Crippen molar-refractivity contribution in [2.45, 2.75) is 0 Å². The third-order valence-corrected chi connectivity index (χ3v) is 4.11. The topological polar surface area (TPSA) is 108 Å². The van der Waals surface area contributed by atoms with E-state index in [0.29, 0.717) is 0 Å². The SMILES string of the molecule is COc1ccc(C(=O)Nc2ccc(O)cc2F)cc1C(=O)Nc1ccc(O)cc1F. The van der Waals surface area contributed by atoms with Crippen LogP contribution in [0.25, 0.3) is 0 Å².